The summed E-state index contributed by atoms with van der Waals surface area (Å²) in [6.07, 6.45) is 5.47. The molecule has 0 N–H and O–H groups in total. The molecule has 1 aromatic rings. The van der Waals surface area contributed by atoms with E-state index in [2.05, 4.69) is 6.92 Å². The summed E-state index contributed by atoms with van der Waals surface area (Å²) in [7, 11) is 5.01. The Labute approximate surface area is 121 Å². The summed E-state index contributed by atoms with van der Waals surface area (Å²) < 4.78 is 10.4. The van der Waals surface area contributed by atoms with Gasteiger partial charge in [0.05, 0.1) is 14.2 Å². The van der Waals surface area contributed by atoms with Crippen molar-refractivity contribution in [2.45, 2.75) is 19.8 Å². The molecule has 1 rings (SSSR count). The predicted octanol–water partition coefficient (Wildman–Crippen LogP) is 2.98. The van der Waals surface area contributed by atoms with Crippen molar-refractivity contribution in [2.75, 3.05) is 27.8 Å². The van der Waals surface area contributed by atoms with E-state index < -0.39 is 0 Å². The number of likely N-dealkylation sites (N-methyl/N-ethyl adjacent to an activating group) is 1. The van der Waals surface area contributed by atoms with Gasteiger partial charge in [0.15, 0.2) is 11.5 Å². The van der Waals surface area contributed by atoms with Gasteiger partial charge in [0, 0.05) is 19.7 Å². The van der Waals surface area contributed by atoms with E-state index in [-0.39, 0.29) is 5.91 Å². The molecule has 0 bridgehead atoms. The summed E-state index contributed by atoms with van der Waals surface area (Å²) in [6.45, 7) is 2.89. The van der Waals surface area contributed by atoms with Crippen LogP contribution >= 0.6 is 0 Å². The van der Waals surface area contributed by atoms with E-state index >= 15 is 0 Å². The van der Waals surface area contributed by atoms with Gasteiger partial charge in [-0.25, -0.2) is 0 Å². The lowest BCUT2D eigenvalue weighted by Gasteiger charge is -2.14. The van der Waals surface area contributed by atoms with Crippen LogP contribution in [0.3, 0.4) is 0 Å². The second kappa shape index (κ2) is 8.25. The van der Waals surface area contributed by atoms with Crippen LogP contribution in [-0.2, 0) is 4.79 Å². The van der Waals surface area contributed by atoms with Crippen LogP contribution in [-0.4, -0.2) is 38.6 Å². The zero-order valence-corrected chi connectivity index (χ0v) is 12.7. The van der Waals surface area contributed by atoms with E-state index in [1.807, 2.05) is 25.2 Å². The number of amides is 1. The van der Waals surface area contributed by atoms with Gasteiger partial charge in [-0.3, -0.25) is 4.79 Å². The lowest BCUT2D eigenvalue weighted by molar-refractivity contribution is -0.124. The average Bonchev–Trinajstić information content (AvgIpc) is 2.49. The van der Waals surface area contributed by atoms with Gasteiger partial charge in [0.25, 0.3) is 0 Å². The van der Waals surface area contributed by atoms with Crippen molar-refractivity contribution in [3.8, 4) is 11.5 Å². The van der Waals surface area contributed by atoms with Crippen molar-refractivity contribution in [1.29, 1.82) is 0 Å². The first kappa shape index (κ1) is 16.1. The largest absolute Gasteiger partial charge is 0.493 e. The fourth-order valence-corrected chi connectivity index (χ4v) is 1.76. The SMILES string of the molecule is CCCCN(C)C(=O)C=Cc1ccc(OC)c(OC)c1. The number of hydrogen-bond acceptors (Lipinski definition) is 3. The monoisotopic (exact) mass is 277 g/mol. The highest BCUT2D eigenvalue weighted by atomic mass is 16.5. The van der Waals surface area contributed by atoms with Crippen LogP contribution in [0, 0.1) is 0 Å². The van der Waals surface area contributed by atoms with Gasteiger partial charge in [-0.1, -0.05) is 19.4 Å². The van der Waals surface area contributed by atoms with Crippen LogP contribution < -0.4 is 9.47 Å². The molecule has 0 unspecified atom stereocenters. The summed E-state index contributed by atoms with van der Waals surface area (Å²) in [5.41, 5.74) is 0.903. The Hall–Kier alpha value is -1.97. The Morgan fingerprint density at radius 3 is 2.55 bits per heavy atom. The number of nitrogens with zero attached hydrogens (tertiary/aromatic N) is 1. The Balaban J connectivity index is 2.72. The third-order valence-corrected chi connectivity index (χ3v) is 3.05. The van der Waals surface area contributed by atoms with Crippen LogP contribution in [0.4, 0.5) is 0 Å². The third-order valence-electron chi connectivity index (χ3n) is 3.05. The number of unbranched alkanes of at least 4 members (excludes halogenated alkanes) is 1. The van der Waals surface area contributed by atoms with E-state index in [4.69, 9.17) is 9.47 Å². The molecule has 0 radical (unpaired) electrons. The van der Waals surface area contributed by atoms with E-state index in [0.29, 0.717) is 11.5 Å². The normalized spacial score (nSPS) is 10.6. The molecule has 0 fully saturated rings. The highest BCUT2D eigenvalue weighted by Gasteiger charge is 2.05. The molecule has 0 aromatic heterocycles. The van der Waals surface area contributed by atoms with Crippen LogP contribution in [0.25, 0.3) is 6.08 Å². The highest BCUT2D eigenvalue weighted by Crippen LogP contribution is 2.27. The van der Waals surface area contributed by atoms with Gasteiger partial charge in [-0.15, -0.1) is 0 Å². The molecule has 0 aliphatic heterocycles. The molecule has 110 valence electrons. The molecule has 0 heterocycles. The molecule has 4 heteroatoms. The molecule has 1 amide bonds. The molecular weight excluding hydrogens is 254 g/mol. The van der Waals surface area contributed by atoms with E-state index in [9.17, 15) is 4.79 Å². The lowest BCUT2D eigenvalue weighted by atomic mass is 10.2. The van der Waals surface area contributed by atoms with Crippen LogP contribution in [0.2, 0.25) is 0 Å². The maximum absolute atomic E-state index is 11.9. The van der Waals surface area contributed by atoms with Gasteiger partial charge < -0.3 is 14.4 Å². The van der Waals surface area contributed by atoms with Gasteiger partial charge in [-0.05, 0) is 30.2 Å². The molecule has 0 saturated carbocycles. The smallest absolute Gasteiger partial charge is 0.246 e. The quantitative estimate of drug-likeness (QED) is 0.719. The minimum atomic E-state index is 0.00762. The Morgan fingerprint density at radius 2 is 1.95 bits per heavy atom. The van der Waals surface area contributed by atoms with Gasteiger partial charge in [0.1, 0.15) is 0 Å². The molecule has 0 saturated heterocycles. The second-order valence-corrected chi connectivity index (χ2v) is 4.56. The van der Waals surface area contributed by atoms with Crippen molar-refractivity contribution in [3.63, 3.8) is 0 Å². The molecule has 0 aliphatic rings. The maximum atomic E-state index is 11.9. The Bertz CT molecular complexity index is 469. The minimum absolute atomic E-state index is 0.00762. The third kappa shape index (κ3) is 4.61. The van der Waals surface area contributed by atoms with Crippen molar-refractivity contribution in [2.24, 2.45) is 0 Å². The molecular formula is C16H23NO3. The van der Waals surface area contributed by atoms with Crippen molar-refractivity contribution >= 4 is 12.0 Å². The van der Waals surface area contributed by atoms with E-state index in [1.165, 1.54) is 0 Å². The molecule has 0 atom stereocenters. The predicted molar refractivity (Wildman–Crippen MR) is 81.1 cm³/mol. The van der Waals surface area contributed by atoms with Gasteiger partial charge >= 0.3 is 0 Å². The van der Waals surface area contributed by atoms with Crippen molar-refractivity contribution in [3.05, 3.63) is 29.8 Å². The number of ether oxygens (including phenoxy) is 2. The molecule has 4 nitrogen and oxygen atoms in total. The topological polar surface area (TPSA) is 38.8 Å². The fraction of sp³-hybridized carbons (Fsp3) is 0.438. The summed E-state index contributed by atoms with van der Waals surface area (Å²) in [5.74, 6) is 1.34. The first-order chi connectivity index (χ1) is 9.62. The first-order valence-electron chi connectivity index (χ1n) is 6.77. The summed E-state index contributed by atoms with van der Waals surface area (Å²) in [4.78, 5) is 13.6. The molecule has 20 heavy (non-hydrogen) atoms. The van der Waals surface area contributed by atoms with E-state index in [1.54, 1.807) is 31.3 Å². The number of carbonyl (C=O) groups excluding carboxylic acids is 1. The second-order valence-electron chi connectivity index (χ2n) is 4.56. The van der Waals surface area contributed by atoms with Crippen molar-refractivity contribution < 1.29 is 14.3 Å². The highest BCUT2D eigenvalue weighted by molar-refractivity contribution is 5.91. The Kier molecular flexibility index (Phi) is 6.64. The van der Waals surface area contributed by atoms with Crippen LogP contribution in [0.5, 0.6) is 11.5 Å². The average molecular weight is 277 g/mol. The minimum Gasteiger partial charge on any atom is -0.493 e. The van der Waals surface area contributed by atoms with Gasteiger partial charge in [0.2, 0.25) is 5.91 Å². The van der Waals surface area contributed by atoms with Crippen LogP contribution in [0.1, 0.15) is 25.3 Å². The van der Waals surface area contributed by atoms with Crippen molar-refractivity contribution in [1.82, 2.24) is 4.90 Å². The maximum Gasteiger partial charge on any atom is 0.246 e. The zero-order chi connectivity index (χ0) is 15.0. The summed E-state index contributed by atoms with van der Waals surface area (Å²) in [5, 5.41) is 0. The number of methoxy groups -OCH3 is 2. The number of rotatable bonds is 7. The van der Waals surface area contributed by atoms with E-state index in [0.717, 1.165) is 24.9 Å². The fourth-order valence-electron chi connectivity index (χ4n) is 1.76. The summed E-state index contributed by atoms with van der Waals surface area (Å²) in [6, 6.07) is 5.55. The molecule has 0 spiro atoms. The lowest BCUT2D eigenvalue weighted by Crippen LogP contribution is -2.25. The number of benzene rings is 1. The van der Waals surface area contributed by atoms with Crippen LogP contribution in [0.15, 0.2) is 24.3 Å². The standard InChI is InChI=1S/C16H23NO3/c1-5-6-11-17(2)16(18)10-8-13-7-9-14(19-3)15(12-13)20-4/h7-10,12H,5-6,11H2,1-4H3. The van der Waals surface area contributed by atoms with Gasteiger partial charge in [-0.2, -0.15) is 0 Å². The Morgan fingerprint density at radius 1 is 1.25 bits per heavy atom. The number of hydrogen-bond donors (Lipinski definition) is 0. The molecule has 1 aromatic carbocycles. The summed E-state index contributed by atoms with van der Waals surface area (Å²) >= 11 is 0. The zero-order valence-electron chi connectivity index (χ0n) is 12.7. The number of carbonyl (C=O) groups is 1. The molecule has 0 aliphatic carbocycles. The first-order valence-corrected chi connectivity index (χ1v) is 6.77.